The second kappa shape index (κ2) is 3.73. The van der Waals surface area contributed by atoms with Crippen LogP contribution in [0.2, 0.25) is 0 Å². The van der Waals surface area contributed by atoms with E-state index >= 15 is 0 Å². The van der Waals surface area contributed by atoms with Gasteiger partial charge in [-0.3, -0.25) is 4.79 Å². The minimum absolute atomic E-state index is 0.0838. The molecule has 1 spiro atoms. The summed E-state index contributed by atoms with van der Waals surface area (Å²) in [7, 11) is 0. The van der Waals surface area contributed by atoms with Gasteiger partial charge in [-0.05, 0) is 30.9 Å². The molecule has 1 aliphatic heterocycles. The van der Waals surface area contributed by atoms with Crippen molar-refractivity contribution in [2.24, 2.45) is 0 Å². The second-order valence-corrected chi connectivity index (χ2v) is 5.07. The number of hydrogen-bond donors (Lipinski definition) is 0. The van der Waals surface area contributed by atoms with Crippen molar-refractivity contribution in [3.8, 4) is 0 Å². The van der Waals surface area contributed by atoms with Gasteiger partial charge in [-0.15, -0.1) is 0 Å². The average molecular weight is 227 g/mol. The predicted molar refractivity (Wildman–Crippen MR) is 69.1 cm³/mol. The van der Waals surface area contributed by atoms with E-state index in [1.54, 1.807) is 6.92 Å². The molecule has 2 heteroatoms. The Labute approximate surface area is 102 Å². The first-order chi connectivity index (χ1) is 8.23. The number of amides is 1. The molecular weight excluding hydrogens is 210 g/mol. The highest BCUT2D eigenvalue weighted by Gasteiger charge is 2.42. The molecule has 0 N–H and O–H groups in total. The summed E-state index contributed by atoms with van der Waals surface area (Å²) in [5.74, 6) is 0.147. The van der Waals surface area contributed by atoms with Crippen molar-refractivity contribution in [3.63, 3.8) is 0 Å². The minimum atomic E-state index is 0.0838. The van der Waals surface area contributed by atoms with Crippen LogP contribution in [0.3, 0.4) is 0 Å². The lowest BCUT2D eigenvalue weighted by Crippen LogP contribution is -2.35. The normalized spacial score (nSPS) is 26.3. The topological polar surface area (TPSA) is 20.3 Å². The van der Waals surface area contributed by atoms with Crippen molar-refractivity contribution >= 4 is 11.6 Å². The Morgan fingerprint density at radius 3 is 2.88 bits per heavy atom. The Balaban J connectivity index is 2.14. The lowest BCUT2D eigenvalue weighted by Gasteiger charge is -2.29. The molecule has 1 aromatic carbocycles. The van der Waals surface area contributed by atoms with Crippen LogP contribution in [-0.4, -0.2) is 12.5 Å². The number of anilines is 1. The van der Waals surface area contributed by atoms with Crippen LogP contribution < -0.4 is 4.90 Å². The number of nitrogens with zero attached hydrogens (tertiary/aromatic N) is 1. The first kappa shape index (κ1) is 10.6. The van der Waals surface area contributed by atoms with Crippen LogP contribution in [0.4, 0.5) is 5.69 Å². The zero-order chi connectivity index (χ0) is 11.9. The first-order valence-corrected chi connectivity index (χ1v) is 6.28. The van der Waals surface area contributed by atoms with Gasteiger partial charge >= 0.3 is 0 Å². The molecule has 17 heavy (non-hydrogen) atoms. The highest BCUT2D eigenvalue weighted by Crippen LogP contribution is 2.46. The van der Waals surface area contributed by atoms with Crippen LogP contribution in [0.25, 0.3) is 0 Å². The van der Waals surface area contributed by atoms with E-state index in [-0.39, 0.29) is 11.3 Å². The Hall–Kier alpha value is -1.57. The van der Waals surface area contributed by atoms with Gasteiger partial charge in [0.2, 0.25) is 5.91 Å². The van der Waals surface area contributed by atoms with Crippen LogP contribution in [0, 0.1) is 0 Å². The SMILES string of the molecule is CC(=O)N1C[C@]2(C=CCCC2)c2ccccc21. The van der Waals surface area contributed by atoms with E-state index in [4.69, 9.17) is 0 Å². The monoisotopic (exact) mass is 227 g/mol. The zero-order valence-corrected chi connectivity index (χ0v) is 10.1. The third-order valence-electron chi connectivity index (χ3n) is 3.98. The number of fused-ring (bicyclic) bond motifs is 2. The van der Waals surface area contributed by atoms with E-state index in [0.717, 1.165) is 18.7 Å². The van der Waals surface area contributed by atoms with Gasteiger partial charge in [-0.25, -0.2) is 0 Å². The fraction of sp³-hybridized carbons (Fsp3) is 0.400. The summed E-state index contributed by atoms with van der Waals surface area (Å²) in [5, 5.41) is 0. The number of carbonyl (C=O) groups is 1. The van der Waals surface area contributed by atoms with Gasteiger partial charge in [0.1, 0.15) is 0 Å². The molecule has 88 valence electrons. The Morgan fingerprint density at radius 1 is 1.35 bits per heavy atom. The van der Waals surface area contributed by atoms with Crippen LogP contribution in [0.15, 0.2) is 36.4 Å². The predicted octanol–water partition coefficient (Wildman–Crippen LogP) is 3.03. The van der Waals surface area contributed by atoms with E-state index in [1.807, 2.05) is 11.0 Å². The third kappa shape index (κ3) is 1.51. The molecule has 2 aliphatic rings. The number of benzene rings is 1. The average Bonchev–Trinajstić information content (AvgIpc) is 2.66. The molecule has 1 atom stereocenters. The smallest absolute Gasteiger partial charge is 0.223 e. The van der Waals surface area contributed by atoms with E-state index in [2.05, 4.69) is 30.4 Å². The van der Waals surface area contributed by atoms with E-state index in [9.17, 15) is 4.79 Å². The standard InChI is InChI=1S/C15H17NO/c1-12(17)16-11-15(9-5-2-6-10-15)13-7-3-4-8-14(13)16/h3-5,7-9H,2,6,10-11H2,1H3/t15-/m1/s1. The number of rotatable bonds is 0. The summed E-state index contributed by atoms with van der Waals surface area (Å²) >= 11 is 0. The Bertz CT molecular complexity index is 491. The summed E-state index contributed by atoms with van der Waals surface area (Å²) in [5.41, 5.74) is 2.51. The van der Waals surface area contributed by atoms with Crippen molar-refractivity contribution in [2.45, 2.75) is 31.6 Å². The third-order valence-corrected chi connectivity index (χ3v) is 3.98. The molecule has 0 bridgehead atoms. The van der Waals surface area contributed by atoms with Crippen LogP contribution in [-0.2, 0) is 10.2 Å². The summed E-state index contributed by atoms with van der Waals surface area (Å²) in [6, 6.07) is 8.33. The number of carbonyl (C=O) groups excluding carboxylic acids is 1. The molecule has 1 heterocycles. The van der Waals surface area contributed by atoms with E-state index < -0.39 is 0 Å². The molecule has 1 amide bonds. The molecule has 2 nitrogen and oxygen atoms in total. The quantitative estimate of drug-likeness (QED) is 0.624. The van der Waals surface area contributed by atoms with Gasteiger partial charge in [0.05, 0.1) is 0 Å². The summed E-state index contributed by atoms with van der Waals surface area (Å²) in [6.45, 7) is 2.47. The maximum absolute atomic E-state index is 11.7. The molecule has 0 saturated carbocycles. The summed E-state index contributed by atoms with van der Waals surface area (Å²) in [4.78, 5) is 13.7. The maximum Gasteiger partial charge on any atom is 0.223 e. The largest absolute Gasteiger partial charge is 0.311 e. The Morgan fingerprint density at radius 2 is 2.18 bits per heavy atom. The lowest BCUT2D eigenvalue weighted by atomic mass is 9.75. The highest BCUT2D eigenvalue weighted by molar-refractivity contribution is 5.95. The highest BCUT2D eigenvalue weighted by atomic mass is 16.2. The van der Waals surface area contributed by atoms with Crippen molar-refractivity contribution in [3.05, 3.63) is 42.0 Å². The molecule has 0 unspecified atom stereocenters. The van der Waals surface area contributed by atoms with Crippen LogP contribution in [0.1, 0.15) is 31.7 Å². The molecule has 0 aromatic heterocycles. The minimum Gasteiger partial charge on any atom is -0.311 e. The van der Waals surface area contributed by atoms with Crippen molar-refractivity contribution < 1.29 is 4.79 Å². The van der Waals surface area contributed by atoms with E-state index in [0.29, 0.717) is 0 Å². The van der Waals surface area contributed by atoms with Crippen molar-refractivity contribution in [2.75, 3.05) is 11.4 Å². The first-order valence-electron chi connectivity index (χ1n) is 6.28. The Kier molecular flexibility index (Phi) is 2.32. The van der Waals surface area contributed by atoms with Gasteiger partial charge in [0.15, 0.2) is 0 Å². The molecule has 0 saturated heterocycles. The van der Waals surface area contributed by atoms with Gasteiger partial charge < -0.3 is 4.90 Å². The molecule has 0 fully saturated rings. The lowest BCUT2D eigenvalue weighted by molar-refractivity contribution is -0.116. The molecule has 1 aliphatic carbocycles. The molecule has 0 radical (unpaired) electrons. The number of hydrogen-bond acceptors (Lipinski definition) is 1. The van der Waals surface area contributed by atoms with Crippen molar-refractivity contribution in [1.82, 2.24) is 0 Å². The summed E-state index contributed by atoms with van der Waals surface area (Å²) < 4.78 is 0. The number of para-hydroxylation sites is 1. The number of allylic oxidation sites excluding steroid dienone is 1. The molecule has 1 aromatic rings. The van der Waals surface area contributed by atoms with Gasteiger partial charge in [-0.1, -0.05) is 30.4 Å². The zero-order valence-electron chi connectivity index (χ0n) is 10.1. The molecular formula is C15H17NO. The van der Waals surface area contributed by atoms with Crippen molar-refractivity contribution in [1.29, 1.82) is 0 Å². The van der Waals surface area contributed by atoms with Crippen LogP contribution in [0.5, 0.6) is 0 Å². The fourth-order valence-corrected chi connectivity index (χ4v) is 3.15. The van der Waals surface area contributed by atoms with E-state index in [1.165, 1.54) is 18.4 Å². The maximum atomic E-state index is 11.7. The summed E-state index contributed by atoms with van der Waals surface area (Å²) in [6.07, 6.45) is 8.13. The second-order valence-electron chi connectivity index (χ2n) is 5.07. The fourth-order valence-electron chi connectivity index (χ4n) is 3.15. The van der Waals surface area contributed by atoms with Gasteiger partial charge in [0, 0.05) is 24.6 Å². The van der Waals surface area contributed by atoms with Crippen LogP contribution >= 0.6 is 0 Å². The van der Waals surface area contributed by atoms with Gasteiger partial charge in [-0.2, -0.15) is 0 Å². The molecule has 3 rings (SSSR count). The van der Waals surface area contributed by atoms with Gasteiger partial charge in [0.25, 0.3) is 0 Å².